The molecule has 4 rings (SSSR count). The highest BCUT2D eigenvalue weighted by Crippen LogP contribution is 2.29. The van der Waals surface area contributed by atoms with Crippen molar-refractivity contribution in [2.45, 2.75) is 39.0 Å². The number of anilines is 1. The van der Waals surface area contributed by atoms with E-state index in [-0.39, 0.29) is 42.9 Å². The monoisotopic (exact) mass is 517 g/mol. The summed E-state index contributed by atoms with van der Waals surface area (Å²) in [5.74, 6) is 0.270. The molecule has 9 nitrogen and oxygen atoms in total. The number of likely N-dealkylation sites (N-methyl/N-ethyl adjacent to an activating group) is 1. The third-order valence-electron chi connectivity index (χ3n) is 6.81. The van der Waals surface area contributed by atoms with Crippen LogP contribution in [-0.2, 0) is 17.8 Å². The number of pyridine rings is 2. The van der Waals surface area contributed by atoms with Gasteiger partial charge < -0.3 is 20.1 Å². The van der Waals surface area contributed by atoms with Crippen molar-refractivity contribution < 1.29 is 19.4 Å². The number of hydrogen-bond donors (Lipinski definition) is 2. The second kappa shape index (κ2) is 12.6. The maximum absolute atomic E-state index is 13.4. The van der Waals surface area contributed by atoms with Gasteiger partial charge in [0.25, 0.3) is 5.91 Å². The Balaban J connectivity index is 1.60. The summed E-state index contributed by atoms with van der Waals surface area (Å²) in [6.07, 6.45) is 6.58. The Morgan fingerprint density at radius 3 is 2.53 bits per heavy atom. The van der Waals surface area contributed by atoms with Gasteiger partial charge in [-0.25, -0.2) is 0 Å². The van der Waals surface area contributed by atoms with Crippen LogP contribution in [0.5, 0.6) is 5.75 Å². The number of rotatable bonds is 8. The Bertz CT molecular complexity index is 1220. The van der Waals surface area contributed by atoms with E-state index < -0.39 is 0 Å². The van der Waals surface area contributed by atoms with Crippen molar-refractivity contribution in [2.75, 3.05) is 32.1 Å². The number of carbonyl (C=O) groups is 2. The van der Waals surface area contributed by atoms with Crippen molar-refractivity contribution in [1.82, 2.24) is 19.8 Å². The molecule has 1 aliphatic rings. The summed E-state index contributed by atoms with van der Waals surface area (Å²) in [5, 5.41) is 12.8. The summed E-state index contributed by atoms with van der Waals surface area (Å²) in [5.41, 5.74) is 2.90. The van der Waals surface area contributed by atoms with E-state index in [2.05, 4.69) is 27.1 Å². The number of carbonyl (C=O) groups excluding carboxylic acids is 2. The molecule has 2 aromatic heterocycles. The number of aliphatic hydroxyl groups is 1. The molecule has 1 aliphatic heterocycles. The fraction of sp³-hybridized carbons (Fsp3) is 0.379. The molecular weight excluding hydrogens is 482 g/mol. The number of aliphatic hydroxyl groups excluding tert-OH is 1. The van der Waals surface area contributed by atoms with E-state index in [4.69, 9.17) is 4.74 Å². The SMILES string of the molecule is C[C@H](CO)N1C[C@H](C)[C@@H](CN(C)Cc2ccncc2)Oc2ccc(NC(=O)c3ccncc3)cc2CC1=O. The summed E-state index contributed by atoms with van der Waals surface area (Å²) in [4.78, 5) is 38.1. The Hall–Kier alpha value is -3.82. The maximum atomic E-state index is 13.4. The van der Waals surface area contributed by atoms with Gasteiger partial charge in [-0.3, -0.25) is 24.5 Å². The summed E-state index contributed by atoms with van der Waals surface area (Å²) in [6, 6.07) is 12.3. The Morgan fingerprint density at radius 1 is 1.16 bits per heavy atom. The maximum Gasteiger partial charge on any atom is 0.255 e. The second-order valence-electron chi connectivity index (χ2n) is 9.95. The van der Waals surface area contributed by atoms with Crippen molar-refractivity contribution in [3.05, 3.63) is 83.9 Å². The average molecular weight is 518 g/mol. The molecule has 3 aromatic rings. The quantitative estimate of drug-likeness (QED) is 0.473. The zero-order valence-electron chi connectivity index (χ0n) is 22.1. The highest BCUT2D eigenvalue weighted by Gasteiger charge is 2.31. The van der Waals surface area contributed by atoms with Crippen LogP contribution in [-0.4, -0.2) is 75.6 Å². The third kappa shape index (κ3) is 6.93. The zero-order valence-corrected chi connectivity index (χ0v) is 22.1. The molecule has 9 heteroatoms. The molecular formula is C29H35N5O4. The summed E-state index contributed by atoms with van der Waals surface area (Å²) < 4.78 is 6.58. The van der Waals surface area contributed by atoms with E-state index in [0.717, 1.165) is 12.1 Å². The molecule has 0 aliphatic carbocycles. The van der Waals surface area contributed by atoms with Crippen LogP contribution in [0.3, 0.4) is 0 Å². The Labute approximate surface area is 223 Å². The van der Waals surface area contributed by atoms with Gasteiger partial charge in [0.15, 0.2) is 0 Å². The number of nitrogens with zero attached hydrogens (tertiary/aromatic N) is 4. The van der Waals surface area contributed by atoms with Gasteiger partial charge in [-0.1, -0.05) is 6.92 Å². The lowest BCUT2D eigenvalue weighted by molar-refractivity contribution is -0.134. The van der Waals surface area contributed by atoms with Gasteiger partial charge in [0, 0.05) is 67.2 Å². The molecule has 0 saturated heterocycles. The summed E-state index contributed by atoms with van der Waals surface area (Å²) in [6.45, 7) is 5.63. The second-order valence-corrected chi connectivity index (χ2v) is 9.95. The number of hydrogen-bond acceptors (Lipinski definition) is 7. The minimum Gasteiger partial charge on any atom is -0.488 e. The number of fused-ring (bicyclic) bond motifs is 1. The van der Waals surface area contributed by atoms with Crippen LogP contribution in [0.15, 0.2) is 67.3 Å². The van der Waals surface area contributed by atoms with Crippen LogP contribution in [0, 0.1) is 5.92 Å². The predicted molar refractivity (Wildman–Crippen MR) is 145 cm³/mol. The van der Waals surface area contributed by atoms with Crippen molar-refractivity contribution in [1.29, 1.82) is 0 Å². The molecule has 0 bridgehead atoms. The first-order chi connectivity index (χ1) is 18.3. The van der Waals surface area contributed by atoms with Gasteiger partial charge in [-0.2, -0.15) is 0 Å². The van der Waals surface area contributed by atoms with Gasteiger partial charge in [0.2, 0.25) is 5.91 Å². The average Bonchev–Trinajstić information content (AvgIpc) is 2.97. The van der Waals surface area contributed by atoms with Crippen LogP contribution in [0.1, 0.15) is 35.3 Å². The van der Waals surface area contributed by atoms with Crippen LogP contribution >= 0.6 is 0 Å². The van der Waals surface area contributed by atoms with E-state index >= 15 is 0 Å². The van der Waals surface area contributed by atoms with Crippen LogP contribution < -0.4 is 10.1 Å². The van der Waals surface area contributed by atoms with Crippen molar-refractivity contribution in [3.8, 4) is 5.75 Å². The lowest BCUT2D eigenvalue weighted by Gasteiger charge is -2.34. The predicted octanol–water partition coefficient (Wildman–Crippen LogP) is 3.01. The van der Waals surface area contributed by atoms with Crippen molar-refractivity contribution in [3.63, 3.8) is 0 Å². The van der Waals surface area contributed by atoms with Gasteiger partial charge in [0.05, 0.1) is 19.1 Å². The molecule has 3 atom stereocenters. The van der Waals surface area contributed by atoms with E-state index in [1.807, 2.05) is 32.2 Å². The lowest BCUT2D eigenvalue weighted by atomic mass is 10.0. The normalized spacial score (nSPS) is 18.6. The summed E-state index contributed by atoms with van der Waals surface area (Å²) >= 11 is 0. The Morgan fingerprint density at radius 2 is 1.84 bits per heavy atom. The molecule has 2 N–H and O–H groups in total. The van der Waals surface area contributed by atoms with Gasteiger partial charge in [-0.05, 0) is 62.0 Å². The molecule has 3 heterocycles. The molecule has 2 amide bonds. The number of amides is 2. The number of benzene rings is 1. The van der Waals surface area contributed by atoms with E-state index in [9.17, 15) is 14.7 Å². The minimum atomic E-state index is -0.323. The molecule has 0 unspecified atom stereocenters. The van der Waals surface area contributed by atoms with Gasteiger partial charge in [0.1, 0.15) is 11.9 Å². The van der Waals surface area contributed by atoms with E-state index in [1.54, 1.807) is 54.0 Å². The molecule has 200 valence electrons. The first-order valence-electron chi connectivity index (χ1n) is 12.8. The van der Waals surface area contributed by atoms with E-state index in [0.29, 0.717) is 35.7 Å². The topological polar surface area (TPSA) is 108 Å². The zero-order chi connectivity index (χ0) is 27.1. The summed E-state index contributed by atoms with van der Waals surface area (Å²) in [7, 11) is 2.04. The largest absolute Gasteiger partial charge is 0.488 e. The highest BCUT2D eigenvalue weighted by molar-refractivity contribution is 6.04. The van der Waals surface area contributed by atoms with E-state index in [1.165, 1.54) is 0 Å². The fourth-order valence-corrected chi connectivity index (χ4v) is 4.60. The molecule has 0 spiro atoms. The van der Waals surface area contributed by atoms with Crippen molar-refractivity contribution >= 4 is 17.5 Å². The van der Waals surface area contributed by atoms with Gasteiger partial charge in [-0.15, -0.1) is 0 Å². The first-order valence-corrected chi connectivity index (χ1v) is 12.8. The number of ether oxygens (including phenoxy) is 1. The Kier molecular flexibility index (Phi) is 9.04. The van der Waals surface area contributed by atoms with Crippen LogP contribution in [0.4, 0.5) is 5.69 Å². The molecule has 0 saturated carbocycles. The molecule has 38 heavy (non-hydrogen) atoms. The third-order valence-corrected chi connectivity index (χ3v) is 6.81. The standard InChI is InChI=1S/C29H35N5O4/c1-20-16-34(21(2)19-35)28(36)15-24-14-25(32-29(37)23-8-12-31-13-9-23)4-5-26(24)38-27(20)18-33(3)17-22-6-10-30-11-7-22/h4-14,20-21,27,35H,15-19H2,1-3H3,(H,32,37)/t20-,21+,27+/m0/s1. The number of nitrogens with one attached hydrogen (secondary N) is 1. The smallest absolute Gasteiger partial charge is 0.255 e. The van der Waals surface area contributed by atoms with Crippen molar-refractivity contribution in [2.24, 2.45) is 5.92 Å². The lowest BCUT2D eigenvalue weighted by Crippen LogP contribution is -2.47. The van der Waals surface area contributed by atoms with Crippen LogP contribution in [0.2, 0.25) is 0 Å². The molecule has 1 aromatic carbocycles. The van der Waals surface area contributed by atoms with Crippen LogP contribution in [0.25, 0.3) is 0 Å². The first kappa shape index (κ1) is 27.2. The molecule has 0 fully saturated rings. The highest BCUT2D eigenvalue weighted by atomic mass is 16.5. The fourth-order valence-electron chi connectivity index (χ4n) is 4.60. The minimum absolute atomic E-state index is 0.00450. The number of aromatic nitrogens is 2. The molecule has 0 radical (unpaired) electrons. The van der Waals surface area contributed by atoms with Gasteiger partial charge >= 0.3 is 0 Å².